The Morgan fingerprint density at radius 3 is 3.00 bits per heavy atom. The van der Waals surface area contributed by atoms with Crippen LogP contribution in [0.1, 0.15) is 30.8 Å². The average Bonchev–Trinajstić information content (AvgIpc) is 2.50. The topological polar surface area (TPSA) is 53.4 Å². The molecule has 0 unspecified atom stereocenters. The fraction of sp³-hybridized carbons (Fsp3) is 0.538. The molecule has 4 nitrogen and oxygen atoms in total. The lowest BCUT2D eigenvalue weighted by atomic mass is 10.1. The second kappa shape index (κ2) is 5.18. The first kappa shape index (κ1) is 13.2. The van der Waals surface area contributed by atoms with Crippen LogP contribution < -0.4 is 0 Å². The monoisotopic (exact) mass is 266 g/mol. The van der Waals surface area contributed by atoms with Gasteiger partial charge in [-0.25, -0.2) is 4.98 Å². The zero-order chi connectivity index (χ0) is 13.2. The van der Waals surface area contributed by atoms with Crippen LogP contribution in [-0.2, 0) is 0 Å². The number of thioether (sulfide) groups is 1. The summed E-state index contributed by atoms with van der Waals surface area (Å²) < 4.78 is 0.210. The Hall–Kier alpha value is -1.23. The van der Waals surface area contributed by atoms with Crippen LogP contribution in [0.2, 0.25) is 0 Å². The number of amides is 1. The van der Waals surface area contributed by atoms with Gasteiger partial charge in [0.1, 0.15) is 5.75 Å². The number of hydrogen-bond acceptors (Lipinski definition) is 4. The van der Waals surface area contributed by atoms with Crippen molar-refractivity contribution in [2.75, 3.05) is 18.8 Å². The Labute approximate surface area is 111 Å². The fourth-order valence-electron chi connectivity index (χ4n) is 1.93. The number of aromatic hydroxyl groups is 1. The van der Waals surface area contributed by atoms with Crippen molar-refractivity contribution in [3.05, 3.63) is 24.0 Å². The first-order valence-electron chi connectivity index (χ1n) is 6.07. The quantitative estimate of drug-likeness (QED) is 0.846. The molecule has 0 aliphatic carbocycles. The van der Waals surface area contributed by atoms with Gasteiger partial charge in [-0.2, -0.15) is 11.8 Å². The van der Waals surface area contributed by atoms with E-state index >= 15 is 0 Å². The molecule has 2 heterocycles. The normalized spacial score (nSPS) is 19.3. The summed E-state index contributed by atoms with van der Waals surface area (Å²) in [5.41, 5.74) is 0.155. The maximum Gasteiger partial charge on any atom is 0.276 e. The van der Waals surface area contributed by atoms with E-state index in [0.717, 1.165) is 18.7 Å². The van der Waals surface area contributed by atoms with Gasteiger partial charge < -0.3 is 10.0 Å². The Morgan fingerprint density at radius 2 is 2.28 bits per heavy atom. The number of pyridine rings is 1. The van der Waals surface area contributed by atoms with E-state index in [0.29, 0.717) is 6.54 Å². The predicted molar refractivity (Wildman–Crippen MR) is 73.0 cm³/mol. The Morgan fingerprint density at radius 1 is 1.50 bits per heavy atom. The lowest BCUT2D eigenvalue weighted by Crippen LogP contribution is -2.34. The van der Waals surface area contributed by atoms with Crippen LogP contribution in [0.3, 0.4) is 0 Å². The van der Waals surface area contributed by atoms with Gasteiger partial charge in [-0.3, -0.25) is 4.79 Å². The van der Waals surface area contributed by atoms with E-state index in [4.69, 9.17) is 0 Å². The van der Waals surface area contributed by atoms with Crippen molar-refractivity contribution >= 4 is 17.7 Å². The predicted octanol–water partition coefficient (Wildman–Crippen LogP) is 2.14. The van der Waals surface area contributed by atoms with Crippen molar-refractivity contribution in [1.82, 2.24) is 9.88 Å². The van der Waals surface area contributed by atoms with Gasteiger partial charge in [0.15, 0.2) is 5.69 Å². The van der Waals surface area contributed by atoms with E-state index < -0.39 is 0 Å². The van der Waals surface area contributed by atoms with Gasteiger partial charge in [0.05, 0.1) is 0 Å². The molecule has 98 valence electrons. The number of carbonyl (C=O) groups is 1. The molecule has 5 heteroatoms. The molecule has 18 heavy (non-hydrogen) atoms. The van der Waals surface area contributed by atoms with Gasteiger partial charge in [0.2, 0.25) is 0 Å². The molecule has 1 aliphatic rings. The van der Waals surface area contributed by atoms with E-state index in [9.17, 15) is 9.90 Å². The summed E-state index contributed by atoms with van der Waals surface area (Å²) in [6.07, 6.45) is 2.49. The smallest absolute Gasteiger partial charge is 0.276 e. The summed E-state index contributed by atoms with van der Waals surface area (Å²) in [6, 6.07) is 3.12. The summed E-state index contributed by atoms with van der Waals surface area (Å²) in [5.74, 6) is 0.705. The van der Waals surface area contributed by atoms with Crippen LogP contribution in [-0.4, -0.2) is 44.5 Å². The minimum atomic E-state index is -0.175. The summed E-state index contributed by atoms with van der Waals surface area (Å²) in [4.78, 5) is 18.0. The Kier molecular flexibility index (Phi) is 3.80. The molecule has 0 atom stereocenters. The van der Waals surface area contributed by atoms with E-state index in [1.54, 1.807) is 11.0 Å². The second-order valence-corrected chi connectivity index (χ2v) is 6.82. The molecule has 1 aromatic heterocycles. The van der Waals surface area contributed by atoms with E-state index in [-0.39, 0.29) is 22.1 Å². The summed E-state index contributed by atoms with van der Waals surface area (Å²) in [5, 5.41) is 9.67. The third-order valence-electron chi connectivity index (χ3n) is 3.11. The molecule has 0 saturated carbocycles. The maximum absolute atomic E-state index is 12.3. The van der Waals surface area contributed by atoms with Crippen molar-refractivity contribution in [2.45, 2.75) is 25.0 Å². The SMILES string of the molecule is CC1(C)CCN(C(=O)c2ncccc2O)CCS1. The number of aromatic nitrogens is 1. The Bertz CT molecular complexity index is 448. The first-order valence-corrected chi connectivity index (χ1v) is 7.05. The minimum absolute atomic E-state index is 0.0429. The highest BCUT2D eigenvalue weighted by atomic mass is 32.2. The zero-order valence-corrected chi connectivity index (χ0v) is 11.5. The second-order valence-electron chi connectivity index (χ2n) is 5.02. The van der Waals surface area contributed by atoms with Crippen molar-refractivity contribution in [1.29, 1.82) is 0 Å². The van der Waals surface area contributed by atoms with Crippen LogP contribution >= 0.6 is 11.8 Å². The zero-order valence-electron chi connectivity index (χ0n) is 10.7. The molecule has 1 aromatic rings. The molecule has 1 amide bonds. The van der Waals surface area contributed by atoms with Crippen LogP contribution in [0, 0.1) is 0 Å². The maximum atomic E-state index is 12.3. The summed E-state index contributed by atoms with van der Waals surface area (Å²) in [7, 11) is 0. The van der Waals surface area contributed by atoms with Gasteiger partial charge >= 0.3 is 0 Å². The van der Waals surface area contributed by atoms with Crippen LogP contribution in [0.5, 0.6) is 5.75 Å². The van der Waals surface area contributed by atoms with Gasteiger partial charge in [-0.1, -0.05) is 13.8 Å². The van der Waals surface area contributed by atoms with Crippen molar-refractivity contribution in [3.63, 3.8) is 0 Å². The van der Waals surface area contributed by atoms with Crippen molar-refractivity contribution < 1.29 is 9.90 Å². The van der Waals surface area contributed by atoms with E-state index in [2.05, 4.69) is 18.8 Å². The molecule has 0 bridgehead atoms. The molecular formula is C13H18N2O2S. The minimum Gasteiger partial charge on any atom is -0.505 e. The molecule has 0 radical (unpaired) electrons. The van der Waals surface area contributed by atoms with Crippen LogP contribution in [0.4, 0.5) is 0 Å². The molecule has 1 aliphatic heterocycles. The first-order chi connectivity index (χ1) is 8.49. The van der Waals surface area contributed by atoms with Crippen LogP contribution in [0.15, 0.2) is 18.3 Å². The third-order valence-corrected chi connectivity index (χ3v) is 4.49. The van der Waals surface area contributed by atoms with Gasteiger partial charge in [0.25, 0.3) is 5.91 Å². The van der Waals surface area contributed by atoms with Gasteiger partial charge in [0, 0.05) is 29.8 Å². The lowest BCUT2D eigenvalue weighted by molar-refractivity contribution is 0.0755. The number of carbonyl (C=O) groups excluding carboxylic acids is 1. The molecule has 1 saturated heterocycles. The molecule has 2 rings (SSSR count). The van der Waals surface area contributed by atoms with E-state index in [1.807, 2.05) is 11.8 Å². The molecule has 1 N–H and O–H groups in total. The highest BCUT2D eigenvalue weighted by Crippen LogP contribution is 2.31. The fourth-order valence-corrected chi connectivity index (χ4v) is 3.03. The largest absolute Gasteiger partial charge is 0.505 e. The summed E-state index contributed by atoms with van der Waals surface area (Å²) >= 11 is 1.88. The van der Waals surface area contributed by atoms with Crippen molar-refractivity contribution in [2.24, 2.45) is 0 Å². The standard InChI is InChI=1S/C13H18N2O2S/c1-13(2)5-7-15(8-9-18-13)12(17)11-10(16)4-3-6-14-11/h3-4,6,16H,5,7-9H2,1-2H3. The highest BCUT2D eigenvalue weighted by Gasteiger charge is 2.27. The number of hydrogen-bond donors (Lipinski definition) is 1. The van der Waals surface area contributed by atoms with Crippen LogP contribution in [0.25, 0.3) is 0 Å². The molecular weight excluding hydrogens is 248 g/mol. The lowest BCUT2D eigenvalue weighted by Gasteiger charge is -2.22. The number of nitrogens with zero attached hydrogens (tertiary/aromatic N) is 2. The Balaban J connectivity index is 2.13. The average molecular weight is 266 g/mol. The highest BCUT2D eigenvalue weighted by molar-refractivity contribution is 8.00. The van der Waals surface area contributed by atoms with Gasteiger partial charge in [-0.05, 0) is 18.6 Å². The number of rotatable bonds is 1. The molecule has 0 spiro atoms. The molecule has 0 aromatic carbocycles. The summed E-state index contributed by atoms with van der Waals surface area (Å²) in [6.45, 7) is 5.82. The van der Waals surface area contributed by atoms with Gasteiger partial charge in [-0.15, -0.1) is 0 Å². The van der Waals surface area contributed by atoms with Crippen molar-refractivity contribution in [3.8, 4) is 5.75 Å². The molecule has 1 fully saturated rings. The van der Waals surface area contributed by atoms with E-state index in [1.165, 1.54) is 12.3 Å². The third kappa shape index (κ3) is 2.96.